The number of hydrogen-bond donors (Lipinski definition) is 1. The molecule has 3 heterocycles. The summed E-state index contributed by atoms with van der Waals surface area (Å²) in [5.74, 6) is -0.260. The van der Waals surface area contributed by atoms with Crippen molar-refractivity contribution in [1.29, 1.82) is 0 Å². The van der Waals surface area contributed by atoms with E-state index >= 15 is 0 Å². The quantitative estimate of drug-likeness (QED) is 0.506. The molecule has 0 saturated carbocycles. The second kappa shape index (κ2) is 8.08. The van der Waals surface area contributed by atoms with E-state index in [2.05, 4.69) is 25.3 Å². The number of nitrogens with zero attached hydrogens (tertiary/aromatic N) is 6. The average Bonchev–Trinajstić information content (AvgIpc) is 3.21. The van der Waals surface area contributed by atoms with Crippen LogP contribution in [0.4, 0.5) is 5.95 Å². The minimum absolute atomic E-state index is 0.158. The van der Waals surface area contributed by atoms with Crippen molar-refractivity contribution in [3.63, 3.8) is 0 Å². The molecule has 0 amide bonds. The molecule has 0 aliphatic rings. The third-order valence-electron chi connectivity index (χ3n) is 4.42. The molecule has 3 aromatic heterocycles. The Morgan fingerprint density at radius 2 is 1.93 bits per heavy atom. The molecule has 0 bridgehead atoms. The molecule has 0 aliphatic carbocycles. The molecular weight excluding hydrogens is 382 g/mol. The molecule has 0 aliphatic heterocycles. The fourth-order valence-electron chi connectivity index (χ4n) is 3.02. The molecule has 4 aromatic rings. The Labute approximate surface area is 172 Å². The highest BCUT2D eigenvalue weighted by atomic mass is 16.5. The summed E-state index contributed by atoms with van der Waals surface area (Å²) >= 11 is 0. The number of nitrogen functional groups attached to an aromatic ring is 1. The van der Waals surface area contributed by atoms with Gasteiger partial charge in [0.2, 0.25) is 5.95 Å². The molecule has 1 aromatic carbocycles. The number of nitrogens with two attached hydrogens (primary N) is 1. The minimum Gasteiger partial charge on any atom is -0.465 e. The monoisotopic (exact) mass is 401 g/mol. The van der Waals surface area contributed by atoms with E-state index in [0.29, 0.717) is 34.9 Å². The molecule has 4 rings (SSSR count). The van der Waals surface area contributed by atoms with E-state index < -0.39 is 5.97 Å². The second-order valence-electron chi connectivity index (χ2n) is 6.69. The van der Waals surface area contributed by atoms with Crippen LogP contribution in [0.3, 0.4) is 0 Å². The van der Waals surface area contributed by atoms with Crippen LogP contribution in [0.5, 0.6) is 0 Å². The Morgan fingerprint density at radius 3 is 2.73 bits per heavy atom. The third-order valence-corrected chi connectivity index (χ3v) is 4.42. The van der Waals surface area contributed by atoms with Gasteiger partial charge in [0.15, 0.2) is 0 Å². The van der Waals surface area contributed by atoms with E-state index in [4.69, 9.17) is 10.5 Å². The first-order valence-electron chi connectivity index (χ1n) is 9.17. The van der Waals surface area contributed by atoms with Gasteiger partial charge in [0, 0.05) is 11.8 Å². The Kier molecular flexibility index (Phi) is 5.17. The summed E-state index contributed by atoms with van der Waals surface area (Å²) in [5.41, 5.74) is 10.9. The van der Waals surface area contributed by atoms with Gasteiger partial charge in [-0.1, -0.05) is 29.0 Å². The summed E-state index contributed by atoms with van der Waals surface area (Å²) in [6, 6.07) is 13.1. The van der Waals surface area contributed by atoms with E-state index in [1.165, 1.54) is 7.11 Å². The van der Waals surface area contributed by atoms with E-state index in [1.807, 2.05) is 37.3 Å². The first-order valence-corrected chi connectivity index (χ1v) is 9.17. The van der Waals surface area contributed by atoms with Crippen LogP contribution in [-0.4, -0.2) is 43.0 Å². The van der Waals surface area contributed by atoms with Crippen molar-refractivity contribution in [2.24, 2.45) is 0 Å². The molecule has 9 heteroatoms. The zero-order valence-corrected chi connectivity index (χ0v) is 16.5. The number of esters is 1. The number of aryl methyl sites for hydroxylation is 1. The highest BCUT2D eigenvalue weighted by Gasteiger charge is 2.12. The van der Waals surface area contributed by atoms with Crippen molar-refractivity contribution in [2.75, 3.05) is 12.8 Å². The number of pyridine rings is 1. The van der Waals surface area contributed by atoms with Gasteiger partial charge in [-0.25, -0.2) is 19.4 Å². The molecule has 0 spiro atoms. The molecule has 0 saturated heterocycles. The van der Waals surface area contributed by atoms with Crippen molar-refractivity contribution < 1.29 is 9.53 Å². The zero-order chi connectivity index (χ0) is 21.1. The first-order chi connectivity index (χ1) is 14.5. The lowest BCUT2D eigenvalue weighted by atomic mass is 10.1. The van der Waals surface area contributed by atoms with E-state index in [-0.39, 0.29) is 5.95 Å². The Bertz CT molecular complexity index is 1220. The SMILES string of the molecule is COC(=O)c1ccnc(Cn2cc(-c3cc(-c4cccc(C)c4)nc(N)n3)nn2)c1. The van der Waals surface area contributed by atoms with Crippen LogP contribution in [0, 0.1) is 6.92 Å². The fraction of sp³-hybridized carbons (Fsp3) is 0.143. The lowest BCUT2D eigenvalue weighted by Crippen LogP contribution is -2.06. The van der Waals surface area contributed by atoms with Crippen LogP contribution in [0.25, 0.3) is 22.6 Å². The highest BCUT2D eigenvalue weighted by Crippen LogP contribution is 2.24. The molecule has 2 N–H and O–H groups in total. The van der Waals surface area contributed by atoms with Gasteiger partial charge in [-0.3, -0.25) is 4.98 Å². The van der Waals surface area contributed by atoms with Gasteiger partial charge < -0.3 is 10.5 Å². The predicted octanol–water partition coefficient (Wildman–Crippen LogP) is 2.52. The summed E-state index contributed by atoms with van der Waals surface area (Å²) in [4.78, 5) is 24.6. The van der Waals surface area contributed by atoms with Crippen LogP contribution in [0.15, 0.2) is 54.9 Å². The minimum atomic E-state index is -0.418. The number of aromatic nitrogens is 6. The van der Waals surface area contributed by atoms with Gasteiger partial charge in [0.1, 0.15) is 5.69 Å². The molecule has 0 fully saturated rings. The predicted molar refractivity (Wildman–Crippen MR) is 110 cm³/mol. The summed E-state index contributed by atoms with van der Waals surface area (Å²) in [6.45, 7) is 2.35. The maximum atomic E-state index is 11.7. The Morgan fingerprint density at radius 1 is 1.10 bits per heavy atom. The lowest BCUT2D eigenvalue weighted by Gasteiger charge is -2.05. The topological polar surface area (TPSA) is 122 Å². The molecule has 0 atom stereocenters. The molecule has 0 radical (unpaired) electrons. The van der Waals surface area contributed by atoms with Crippen molar-refractivity contribution in [1.82, 2.24) is 29.9 Å². The van der Waals surface area contributed by atoms with Crippen LogP contribution in [0.2, 0.25) is 0 Å². The van der Waals surface area contributed by atoms with Crippen LogP contribution < -0.4 is 5.73 Å². The number of rotatable bonds is 5. The fourth-order valence-corrected chi connectivity index (χ4v) is 3.02. The number of carbonyl (C=O) groups is 1. The standard InChI is InChI=1S/C21H19N7O2/c1-13-4-3-5-14(8-13)17-10-18(25-21(22)24-17)19-12-28(27-26-19)11-16-9-15(6-7-23-16)20(29)30-2/h3-10,12H,11H2,1-2H3,(H2,22,24,25). The van der Waals surface area contributed by atoms with Gasteiger partial charge in [0.05, 0.1) is 42.5 Å². The number of hydrogen-bond acceptors (Lipinski definition) is 8. The average molecular weight is 401 g/mol. The summed E-state index contributed by atoms with van der Waals surface area (Å²) in [6.07, 6.45) is 3.30. The van der Waals surface area contributed by atoms with Gasteiger partial charge in [-0.2, -0.15) is 0 Å². The number of methoxy groups -OCH3 is 1. The van der Waals surface area contributed by atoms with E-state index in [1.54, 1.807) is 29.2 Å². The van der Waals surface area contributed by atoms with Crippen molar-refractivity contribution in [3.05, 3.63) is 71.7 Å². The zero-order valence-electron chi connectivity index (χ0n) is 16.5. The summed E-state index contributed by atoms with van der Waals surface area (Å²) < 4.78 is 6.36. The molecule has 30 heavy (non-hydrogen) atoms. The van der Waals surface area contributed by atoms with Crippen molar-refractivity contribution in [3.8, 4) is 22.6 Å². The maximum Gasteiger partial charge on any atom is 0.337 e. The smallest absolute Gasteiger partial charge is 0.337 e. The van der Waals surface area contributed by atoms with Crippen LogP contribution >= 0.6 is 0 Å². The van der Waals surface area contributed by atoms with Crippen LogP contribution in [0.1, 0.15) is 21.6 Å². The summed E-state index contributed by atoms with van der Waals surface area (Å²) in [5, 5.41) is 8.34. The number of carbonyl (C=O) groups excluding carboxylic acids is 1. The Balaban J connectivity index is 1.61. The molecular formula is C21H19N7O2. The maximum absolute atomic E-state index is 11.7. The summed E-state index contributed by atoms with van der Waals surface area (Å²) in [7, 11) is 1.34. The van der Waals surface area contributed by atoms with Crippen molar-refractivity contribution in [2.45, 2.75) is 13.5 Å². The third kappa shape index (κ3) is 4.14. The van der Waals surface area contributed by atoms with E-state index in [9.17, 15) is 4.79 Å². The van der Waals surface area contributed by atoms with Crippen LogP contribution in [-0.2, 0) is 11.3 Å². The van der Waals surface area contributed by atoms with Gasteiger partial charge >= 0.3 is 5.97 Å². The lowest BCUT2D eigenvalue weighted by molar-refractivity contribution is 0.0600. The van der Waals surface area contributed by atoms with E-state index in [0.717, 1.165) is 11.1 Å². The molecule has 0 unspecified atom stereocenters. The molecule has 9 nitrogen and oxygen atoms in total. The van der Waals surface area contributed by atoms with Crippen molar-refractivity contribution >= 4 is 11.9 Å². The number of ether oxygens (including phenoxy) is 1. The normalized spacial score (nSPS) is 10.7. The number of anilines is 1. The second-order valence-corrected chi connectivity index (χ2v) is 6.69. The van der Waals surface area contributed by atoms with Gasteiger partial charge in [0.25, 0.3) is 0 Å². The number of benzene rings is 1. The van der Waals surface area contributed by atoms with Gasteiger partial charge in [-0.05, 0) is 31.2 Å². The van der Waals surface area contributed by atoms with Gasteiger partial charge in [-0.15, -0.1) is 5.10 Å². The Hall–Kier alpha value is -4.14. The molecule has 150 valence electrons. The highest BCUT2D eigenvalue weighted by molar-refractivity contribution is 5.89. The largest absolute Gasteiger partial charge is 0.465 e. The first kappa shape index (κ1) is 19.2.